The molecule has 1 fully saturated rings. The molecule has 1 aliphatic heterocycles. The highest BCUT2D eigenvalue weighted by Crippen LogP contribution is 2.32. The average molecular weight is 512 g/mol. The molecule has 0 bridgehead atoms. The van der Waals surface area contributed by atoms with Crippen molar-refractivity contribution < 1.29 is 23.7 Å². The van der Waals surface area contributed by atoms with Gasteiger partial charge in [-0.15, -0.1) is 0 Å². The number of hydrogen-bond acceptors (Lipinski definition) is 9. The molecule has 0 amide bonds. The molecule has 4 N–H and O–H groups in total. The molecule has 1 atom stereocenters. The number of ether oxygens (including phenoxy) is 1. The van der Waals surface area contributed by atoms with E-state index in [-0.39, 0.29) is 17.5 Å². The fourth-order valence-electron chi connectivity index (χ4n) is 4.16. The second-order valence-corrected chi connectivity index (χ2v) is 9.49. The highest BCUT2D eigenvalue weighted by atomic mass is 19.1. The number of aliphatic hydroxyl groups excluding tert-OH is 1. The number of benzene rings is 1. The lowest BCUT2D eigenvalue weighted by Gasteiger charge is -2.33. The molecule has 0 aliphatic carbocycles. The molecule has 0 spiro atoms. The molecule has 1 aromatic carbocycles. The highest BCUT2D eigenvalue weighted by Gasteiger charge is 2.29. The third-order valence-corrected chi connectivity index (χ3v) is 6.17. The van der Waals surface area contributed by atoms with Crippen molar-refractivity contribution in [2.45, 2.75) is 44.5 Å². The number of nitrogens with one attached hydrogen (secondary N) is 2. The Morgan fingerprint density at radius 1 is 1.14 bits per heavy atom. The molecule has 37 heavy (non-hydrogen) atoms. The van der Waals surface area contributed by atoms with Gasteiger partial charge in [0, 0.05) is 44.4 Å². The van der Waals surface area contributed by atoms with Crippen LogP contribution in [0.1, 0.15) is 38.5 Å². The van der Waals surface area contributed by atoms with E-state index in [9.17, 15) is 19.0 Å². The van der Waals surface area contributed by atoms with Gasteiger partial charge in [0.2, 0.25) is 5.95 Å². The van der Waals surface area contributed by atoms with Crippen LogP contribution >= 0.6 is 0 Å². The maximum atomic E-state index is 14.0. The first kappa shape index (κ1) is 24.8. The van der Waals surface area contributed by atoms with Crippen LogP contribution in [0, 0.1) is 11.6 Å². The number of imidazole rings is 1. The summed E-state index contributed by atoms with van der Waals surface area (Å²) in [6.07, 6.45) is 4.53. The molecular formula is C25H27F2N7O3. The molecule has 3 aromatic heterocycles. The van der Waals surface area contributed by atoms with E-state index in [2.05, 4.69) is 20.3 Å². The lowest BCUT2D eigenvalue weighted by molar-refractivity contribution is -0.0516. The number of piperidine rings is 1. The maximum absolute atomic E-state index is 14.0. The Morgan fingerprint density at radius 3 is 2.59 bits per heavy atom. The molecule has 4 aromatic rings. The van der Waals surface area contributed by atoms with Crippen LogP contribution in [0.4, 0.5) is 26.4 Å². The third kappa shape index (κ3) is 5.44. The van der Waals surface area contributed by atoms with Crippen LogP contribution in [-0.4, -0.2) is 59.9 Å². The van der Waals surface area contributed by atoms with E-state index in [1.165, 1.54) is 32.2 Å². The third-order valence-electron chi connectivity index (χ3n) is 6.17. The van der Waals surface area contributed by atoms with Crippen LogP contribution in [0.25, 0.3) is 11.0 Å². The molecule has 1 unspecified atom stereocenters. The van der Waals surface area contributed by atoms with E-state index >= 15 is 0 Å². The number of rotatable bonds is 7. The summed E-state index contributed by atoms with van der Waals surface area (Å²) in [5.41, 5.74) is -0.112. The van der Waals surface area contributed by atoms with Crippen LogP contribution in [0.3, 0.4) is 0 Å². The Balaban J connectivity index is 1.40. The first-order valence-corrected chi connectivity index (χ1v) is 11.9. The lowest BCUT2D eigenvalue weighted by Crippen LogP contribution is -2.39. The Labute approximate surface area is 211 Å². The second-order valence-electron chi connectivity index (χ2n) is 9.49. The number of halogens is 2. The first-order valence-electron chi connectivity index (χ1n) is 11.9. The molecule has 0 saturated carbocycles. The van der Waals surface area contributed by atoms with E-state index in [0.717, 1.165) is 6.07 Å². The van der Waals surface area contributed by atoms with Gasteiger partial charge in [0.25, 0.3) is 0 Å². The predicted molar refractivity (Wildman–Crippen MR) is 133 cm³/mol. The van der Waals surface area contributed by atoms with E-state index in [4.69, 9.17) is 14.7 Å². The molecule has 10 nitrogen and oxygen atoms in total. The van der Waals surface area contributed by atoms with Gasteiger partial charge in [-0.2, -0.15) is 0 Å². The molecule has 1 aliphatic rings. The van der Waals surface area contributed by atoms with Crippen molar-refractivity contribution in [3.8, 4) is 5.75 Å². The van der Waals surface area contributed by atoms with Gasteiger partial charge in [0.1, 0.15) is 23.5 Å². The summed E-state index contributed by atoms with van der Waals surface area (Å²) >= 11 is 0. The zero-order chi connectivity index (χ0) is 26.2. The number of aromatic nitrogens is 5. The van der Waals surface area contributed by atoms with Crippen molar-refractivity contribution in [2.24, 2.45) is 0 Å². The zero-order valence-electron chi connectivity index (χ0n) is 20.3. The van der Waals surface area contributed by atoms with Gasteiger partial charge in [0.05, 0.1) is 23.0 Å². The summed E-state index contributed by atoms with van der Waals surface area (Å²) in [6, 6.07) is 4.87. The van der Waals surface area contributed by atoms with Crippen LogP contribution in [0.15, 0.2) is 42.9 Å². The van der Waals surface area contributed by atoms with Crippen LogP contribution in [0.5, 0.6) is 5.75 Å². The van der Waals surface area contributed by atoms with Crippen LogP contribution in [-0.2, 0) is 0 Å². The van der Waals surface area contributed by atoms with Crippen LogP contribution in [0.2, 0.25) is 0 Å². The number of fused-ring (bicyclic) bond motifs is 1. The predicted octanol–water partition coefficient (Wildman–Crippen LogP) is 3.62. The van der Waals surface area contributed by atoms with Crippen molar-refractivity contribution >= 4 is 28.6 Å². The largest absolute Gasteiger partial charge is 0.487 e. The molecule has 194 valence electrons. The number of anilines is 3. The van der Waals surface area contributed by atoms with Crippen molar-refractivity contribution in [3.05, 3.63) is 60.2 Å². The van der Waals surface area contributed by atoms with Gasteiger partial charge < -0.3 is 30.2 Å². The fourth-order valence-corrected chi connectivity index (χ4v) is 4.16. The minimum Gasteiger partial charge on any atom is -0.487 e. The maximum Gasteiger partial charge on any atom is 0.205 e. The Bertz CT molecular complexity index is 1390. The summed E-state index contributed by atoms with van der Waals surface area (Å²) in [4.78, 5) is 23.0. The molecule has 12 heteroatoms. The molecule has 0 radical (unpaired) electrons. The van der Waals surface area contributed by atoms with Crippen LogP contribution < -0.4 is 15.0 Å². The summed E-state index contributed by atoms with van der Waals surface area (Å²) < 4.78 is 33.0. The topological polar surface area (TPSA) is 132 Å². The normalized spacial score (nSPS) is 15.7. The average Bonchev–Trinajstić information content (AvgIpc) is 3.37. The van der Waals surface area contributed by atoms with Gasteiger partial charge in [-0.1, -0.05) is 0 Å². The molecule has 1 saturated heterocycles. The summed E-state index contributed by atoms with van der Waals surface area (Å²) in [5.74, 6) is 0.150. The van der Waals surface area contributed by atoms with E-state index < -0.39 is 23.3 Å². The standard InChI is InChI=1S/C25H27F2N7O3/c1-25(2,36)21(35)18-12-17-19(13-30-18)32-23(22(31-17)33-24-28-7-8-29-24)34-9-5-15(6-10-34)37-20-4-3-14(26)11-16(20)27/h3-4,7-8,11-13,15,21,35-36H,5-6,9-10H2,1-2H3,(H2,28,29,31,33). The highest BCUT2D eigenvalue weighted by molar-refractivity contribution is 5.81. The number of nitrogens with zero attached hydrogens (tertiary/aromatic N) is 5. The fraction of sp³-hybridized carbons (Fsp3) is 0.360. The Hall–Kier alpha value is -3.90. The Morgan fingerprint density at radius 2 is 1.92 bits per heavy atom. The first-order chi connectivity index (χ1) is 17.7. The number of hydrogen-bond donors (Lipinski definition) is 4. The van der Waals surface area contributed by atoms with Crippen molar-refractivity contribution in [2.75, 3.05) is 23.3 Å². The lowest BCUT2D eigenvalue weighted by atomic mass is 9.98. The molecular weight excluding hydrogens is 484 g/mol. The van der Waals surface area contributed by atoms with Gasteiger partial charge >= 0.3 is 0 Å². The van der Waals surface area contributed by atoms with E-state index in [1.54, 1.807) is 18.5 Å². The summed E-state index contributed by atoms with van der Waals surface area (Å²) in [7, 11) is 0. The summed E-state index contributed by atoms with van der Waals surface area (Å²) in [5, 5.41) is 23.8. The zero-order valence-corrected chi connectivity index (χ0v) is 20.3. The van der Waals surface area contributed by atoms with Crippen molar-refractivity contribution in [3.63, 3.8) is 0 Å². The minimum absolute atomic E-state index is 0.0284. The minimum atomic E-state index is -1.38. The van der Waals surface area contributed by atoms with Crippen molar-refractivity contribution in [1.29, 1.82) is 0 Å². The van der Waals surface area contributed by atoms with Gasteiger partial charge in [-0.05, 0) is 32.0 Å². The van der Waals surface area contributed by atoms with Gasteiger partial charge in [0.15, 0.2) is 23.2 Å². The molecule has 4 heterocycles. The second kappa shape index (κ2) is 9.87. The monoisotopic (exact) mass is 511 g/mol. The van der Waals surface area contributed by atoms with Gasteiger partial charge in [-0.3, -0.25) is 4.98 Å². The number of H-pyrrole nitrogens is 1. The SMILES string of the molecule is CC(C)(O)C(O)c1cc2nc(Nc3ncc[nH]3)c(N3CCC(Oc4ccc(F)cc4F)CC3)nc2cn1. The summed E-state index contributed by atoms with van der Waals surface area (Å²) in [6.45, 7) is 4.12. The smallest absolute Gasteiger partial charge is 0.205 e. The number of pyridine rings is 1. The molecule has 5 rings (SSSR count). The Kier molecular flexibility index (Phi) is 6.61. The quantitative estimate of drug-likeness (QED) is 0.294. The van der Waals surface area contributed by atoms with Crippen molar-refractivity contribution in [1.82, 2.24) is 24.9 Å². The van der Waals surface area contributed by atoms with E-state index in [1.807, 2.05) is 4.90 Å². The number of aliphatic hydroxyl groups is 2. The number of aromatic amines is 1. The van der Waals surface area contributed by atoms with Gasteiger partial charge in [-0.25, -0.2) is 23.7 Å². The van der Waals surface area contributed by atoms with E-state index in [0.29, 0.717) is 54.5 Å².